The lowest BCUT2D eigenvalue weighted by atomic mass is 9.95. The third-order valence-corrected chi connectivity index (χ3v) is 5.75. The van der Waals surface area contributed by atoms with E-state index in [9.17, 15) is 4.79 Å². The summed E-state index contributed by atoms with van der Waals surface area (Å²) in [4.78, 5) is 12.7. The number of fused-ring (bicyclic) bond motifs is 3. The molecule has 1 N–H and O–H groups in total. The molecule has 3 heteroatoms. The fourth-order valence-electron chi connectivity index (χ4n) is 4.47. The number of nitrogens with one attached hydrogen (secondary N) is 1. The summed E-state index contributed by atoms with van der Waals surface area (Å²) in [6.45, 7) is 2.01. The summed E-state index contributed by atoms with van der Waals surface area (Å²) < 4.78 is 6.12. The van der Waals surface area contributed by atoms with Gasteiger partial charge in [0.1, 0.15) is 5.75 Å². The molecule has 0 radical (unpaired) electrons. The number of benzene rings is 2. The van der Waals surface area contributed by atoms with Crippen molar-refractivity contribution in [3.63, 3.8) is 0 Å². The van der Waals surface area contributed by atoms with Crippen LogP contribution in [0, 0.1) is 11.8 Å². The summed E-state index contributed by atoms with van der Waals surface area (Å²) in [5, 5.41) is 5.46. The van der Waals surface area contributed by atoms with Crippen molar-refractivity contribution >= 4 is 16.7 Å². The minimum atomic E-state index is -0.421. The lowest BCUT2D eigenvalue weighted by molar-refractivity contribution is -0.129. The predicted octanol–water partition coefficient (Wildman–Crippen LogP) is 4.30. The second-order valence-electron chi connectivity index (χ2n) is 7.28. The van der Waals surface area contributed by atoms with Crippen molar-refractivity contribution in [3.05, 3.63) is 42.5 Å². The van der Waals surface area contributed by atoms with Gasteiger partial charge in [0.25, 0.3) is 5.91 Å². The molecule has 2 aromatic rings. The van der Waals surface area contributed by atoms with Gasteiger partial charge in [-0.3, -0.25) is 4.79 Å². The molecule has 2 aliphatic rings. The van der Waals surface area contributed by atoms with E-state index in [0.29, 0.717) is 18.4 Å². The zero-order valence-electron chi connectivity index (χ0n) is 14.2. The van der Waals surface area contributed by atoms with Gasteiger partial charge in [-0.25, -0.2) is 0 Å². The van der Waals surface area contributed by atoms with Crippen molar-refractivity contribution in [2.75, 3.05) is 0 Å². The summed E-state index contributed by atoms with van der Waals surface area (Å²) >= 11 is 0. The zero-order chi connectivity index (χ0) is 16.5. The molecular weight excluding hydrogens is 298 g/mol. The Morgan fingerprint density at radius 2 is 2.00 bits per heavy atom. The van der Waals surface area contributed by atoms with E-state index in [1.165, 1.54) is 19.3 Å². The van der Waals surface area contributed by atoms with Gasteiger partial charge < -0.3 is 10.1 Å². The van der Waals surface area contributed by atoms with Gasteiger partial charge in [-0.15, -0.1) is 0 Å². The molecule has 4 atom stereocenters. The lowest BCUT2D eigenvalue weighted by Gasteiger charge is -2.26. The summed E-state index contributed by atoms with van der Waals surface area (Å²) in [7, 11) is 0. The highest BCUT2D eigenvalue weighted by atomic mass is 16.5. The van der Waals surface area contributed by atoms with Crippen molar-refractivity contribution in [1.82, 2.24) is 5.32 Å². The van der Waals surface area contributed by atoms with E-state index in [2.05, 4.69) is 17.4 Å². The maximum absolute atomic E-state index is 12.7. The lowest BCUT2D eigenvalue weighted by Crippen LogP contribution is -2.45. The Morgan fingerprint density at radius 1 is 1.17 bits per heavy atom. The molecule has 0 aliphatic heterocycles. The molecule has 2 aromatic carbocycles. The fourth-order valence-corrected chi connectivity index (χ4v) is 4.47. The van der Waals surface area contributed by atoms with Crippen molar-refractivity contribution in [3.8, 4) is 5.75 Å². The van der Waals surface area contributed by atoms with Crippen LogP contribution >= 0.6 is 0 Å². The predicted molar refractivity (Wildman–Crippen MR) is 96.0 cm³/mol. The normalized spacial score (nSPS) is 26.5. The van der Waals surface area contributed by atoms with Crippen molar-refractivity contribution < 1.29 is 9.53 Å². The van der Waals surface area contributed by atoms with E-state index in [0.717, 1.165) is 28.9 Å². The van der Waals surface area contributed by atoms with Gasteiger partial charge in [0, 0.05) is 11.4 Å². The Balaban J connectivity index is 1.48. The Bertz CT molecular complexity index is 736. The van der Waals surface area contributed by atoms with E-state index in [-0.39, 0.29) is 5.91 Å². The number of rotatable bonds is 5. The topological polar surface area (TPSA) is 38.3 Å². The smallest absolute Gasteiger partial charge is 0.261 e. The average molecular weight is 323 g/mol. The van der Waals surface area contributed by atoms with Crippen LogP contribution in [0.5, 0.6) is 5.75 Å². The number of carbonyl (C=O) groups is 1. The van der Waals surface area contributed by atoms with Gasteiger partial charge in [-0.1, -0.05) is 49.7 Å². The highest BCUT2D eigenvalue weighted by Crippen LogP contribution is 2.44. The molecule has 2 fully saturated rings. The van der Waals surface area contributed by atoms with E-state index in [1.54, 1.807) is 0 Å². The molecule has 3 nitrogen and oxygen atoms in total. The van der Waals surface area contributed by atoms with Crippen LogP contribution in [0.3, 0.4) is 0 Å². The van der Waals surface area contributed by atoms with Gasteiger partial charge in [0.15, 0.2) is 6.10 Å². The number of hydrogen-bond acceptors (Lipinski definition) is 2. The molecule has 0 heterocycles. The molecule has 24 heavy (non-hydrogen) atoms. The number of amides is 1. The second-order valence-corrected chi connectivity index (χ2v) is 7.28. The van der Waals surface area contributed by atoms with Crippen LogP contribution < -0.4 is 10.1 Å². The molecule has 0 spiro atoms. The third-order valence-electron chi connectivity index (χ3n) is 5.75. The maximum Gasteiger partial charge on any atom is 0.261 e. The van der Waals surface area contributed by atoms with Crippen LogP contribution in [0.4, 0.5) is 0 Å². The van der Waals surface area contributed by atoms with Crippen LogP contribution in [0.2, 0.25) is 0 Å². The van der Waals surface area contributed by atoms with E-state index in [1.807, 2.05) is 37.3 Å². The van der Waals surface area contributed by atoms with Gasteiger partial charge in [0.05, 0.1) is 0 Å². The van der Waals surface area contributed by atoms with Crippen molar-refractivity contribution in [2.45, 2.75) is 51.2 Å². The van der Waals surface area contributed by atoms with Crippen LogP contribution in [-0.4, -0.2) is 18.1 Å². The van der Waals surface area contributed by atoms with Gasteiger partial charge in [0.2, 0.25) is 0 Å². The summed E-state index contributed by atoms with van der Waals surface area (Å²) in [5.74, 6) is 2.36. The molecule has 2 aliphatic carbocycles. The van der Waals surface area contributed by atoms with E-state index < -0.39 is 6.10 Å². The summed E-state index contributed by atoms with van der Waals surface area (Å²) in [5.41, 5.74) is 0. The third kappa shape index (κ3) is 2.88. The average Bonchev–Trinajstić information content (AvgIpc) is 3.22. The van der Waals surface area contributed by atoms with E-state index >= 15 is 0 Å². The van der Waals surface area contributed by atoms with Crippen LogP contribution in [0.15, 0.2) is 42.5 Å². The summed E-state index contributed by atoms with van der Waals surface area (Å²) in [6.07, 6.45) is 5.33. The molecule has 0 saturated heterocycles. The largest absolute Gasteiger partial charge is 0.480 e. The summed E-state index contributed by atoms with van der Waals surface area (Å²) in [6, 6.07) is 14.5. The second kappa shape index (κ2) is 6.46. The first kappa shape index (κ1) is 15.5. The minimum Gasteiger partial charge on any atom is -0.480 e. The Kier molecular flexibility index (Phi) is 4.17. The molecule has 2 bridgehead atoms. The van der Waals surface area contributed by atoms with Gasteiger partial charge >= 0.3 is 0 Å². The molecule has 0 unspecified atom stereocenters. The fraction of sp³-hybridized carbons (Fsp3) is 0.476. The Labute approximate surface area is 143 Å². The molecule has 126 valence electrons. The van der Waals surface area contributed by atoms with Crippen molar-refractivity contribution in [2.24, 2.45) is 11.8 Å². The zero-order valence-corrected chi connectivity index (χ0v) is 14.2. The standard InChI is InChI=1S/C21H25NO2/c1-2-19(21(23)22-18-13-14-10-11-16(18)12-14)24-20-9-5-7-15-6-3-4-8-17(15)20/h3-9,14,16,18-19H,2,10-13H2,1H3,(H,22,23)/t14-,16-,18-,19-/m0/s1. The molecule has 2 saturated carbocycles. The van der Waals surface area contributed by atoms with Crippen LogP contribution in [0.25, 0.3) is 10.8 Å². The first-order valence-corrected chi connectivity index (χ1v) is 9.19. The minimum absolute atomic E-state index is 0.0444. The first-order chi connectivity index (χ1) is 11.7. The van der Waals surface area contributed by atoms with Crippen LogP contribution in [-0.2, 0) is 4.79 Å². The molecule has 4 rings (SSSR count). The van der Waals surface area contributed by atoms with Gasteiger partial charge in [-0.2, -0.15) is 0 Å². The molecular formula is C21H25NO2. The SMILES string of the molecule is CC[C@H](Oc1cccc2ccccc12)C(=O)N[C@H]1C[C@H]2CC[C@H]1C2. The monoisotopic (exact) mass is 323 g/mol. The van der Waals surface area contributed by atoms with E-state index in [4.69, 9.17) is 4.74 Å². The molecule has 1 amide bonds. The number of ether oxygens (including phenoxy) is 1. The highest BCUT2D eigenvalue weighted by Gasteiger charge is 2.40. The number of carbonyl (C=O) groups excluding carboxylic acids is 1. The van der Waals surface area contributed by atoms with Gasteiger partial charge in [-0.05, 0) is 49.0 Å². The Hall–Kier alpha value is -2.03. The van der Waals surface area contributed by atoms with Crippen molar-refractivity contribution in [1.29, 1.82) is 0 Å². The molecule has 0 aromatic heterocycles. The maximum atomic E-state index is 12.7. The Morgan fingerprint density at radius 3 is 2.75 bits per heavy atom. The van der Waals surface area contributed by atoms with Crippen LogP contribution in [0.1, 0.15) is 39.0 Å². The highest BCUT2D eigenvalue weighted by molar-refractivity contribution is 5.89. The number of hydrogen-bond donors (Lipinski definition) is 1. The first-order valence-electron chi connectivity index (χ1n) is 9.19. The quantitative estimate of drug-likeness (QED) is 0.891.